The highest BCUT2D eigenvalue weighted by atomic mass is 32.2. The van der Waals surface area contributed by atoms with E-state index in [0.717, 1.165) is 6.42 Å². The van der Waals surface area contributed by atoms with Gasteiger partial charge in [-0.25, -0.2) is 8.42 Å². The first-order valence-corrected chi connectivity index (χ1v) is 12.7. The SMILES string of the molecule is CCCCC1CCCC1NC(=O)C1CCN(S(=O)(=O)c2ccc(C(C)=O)cc2)CC1. The minimum atomic E-state index is -3.60. The summed E-state index contributed by atoms with van der Waals surface area (Å²) in [5.74, 6) is 0.465. The van der Waals surface area contributed by atoms with Crippen molar-refractivity contribution < 1.29 is 18.0 Å². The second-order valence-electron chi connectivity index (χ2n) is 8.71. The summed E-state index contributed by atoms with van der Waals surface area (Å²) in [7, 11) is -3.60. The van der Waals surface area contributed by atoms with Crippen molar-refractivity contribution in [3.05, 3.63) is 29.8 Å². The maximum Gasteiger partial charge on any atom is 0.243 e. The molecule has 3 rings (SSSR count). The number of piperidine rings is 1. The Morgan fingerprint density at radius 3 is 2.33 bits per heavy atom. The highest BCUT2D eigenvalue weighted by molar-refractivity contribution is 7.89. The van der Waals surface area contributed by atoms with Gasteiger partial charge in [0.1, 0.15) is 0 Å². The van der Waals surface area contributed by atoms with Gasteiger partial charge in [0, 0.05) is 30.6 Å². The van der Waals surface area contributed by atoms with Gasteiger partial charge in [0.25, 0.3) is 0 Å². The Morgan fingerprint density at radius 1 is 1.07 bits per heavy atom. The normalized spacial score (nSPS) is 23.4. The van der Waals surface area contributed by atoms with Gasteiger partial charge in [-0.2, -0.15) is 4.31 Å². The van der Waals surface area contributed by atoms with Crippen LogP contribution in [0.2, 0.25) is 0 Å². The number of Topliss-reactive ketones (excluding diaryl/α,β-unsaturated/α-hetero) is 1. The molecule has 2 atom stereocenters. The molecule has 0 aromatic heterocycles. The van der Waals surface area contributed by atoms with Crippen molar-refractivity contribution in [1.82, 2.24) is 9.62 Å². The molecule has 166 valence electrons. The molecule has 1 amide bonds. The maximum absolute atomic E-state index is 12.9. The Balaban J connectivity index is 1.54. The Labute approximate surface area is 180 Å². The lowest BCUT2D eigenvalue weighted by Gasteiger charge is -2.32. The van der Waals surface area contributed by atoms with E-state index in [0.29, 0.717) is 37.4 Å². The highest BCUT2D eigenvalue weighted by Gasteiger charge is 2.34. The molecule has 0 bridgehead atoms. The van der Waals surface area contributed by atoms with Gasteiger partial charge in [-0.15, -0.1) is 0 Å². The zero-order valence-corrected chi connectivity index (χ0v) is 18.9. The van der Waals surface area contributed by atoms with Gasteiger partial charge < -0.3 is 5.32 Å². The molecule has 1 saturated heterocycles. The Bertz CT molecular complexity index is 842. The quantitative estimate of drug-likeness (QED) is 0.632. The van der Waals surface area contributed by atoms with Crippen molar-refractivity contribution in [1.29, 1.82) is 0 Å². The fourth-order valence-corrected chi connectivity index (χ4v) is 6.18. The van der Waals surface area contributed by atoms with Crippen LogP contribution in [0.15, 0.2) is 29.2 Å². The molecule has 2 fully saturated rings. The summed E-state index contributed by atoms with van der Waals surface area (Å²) >= 11 is 0. The third-order valence-corrected chi connectivity index (χ3v) is 8.55. The summed E-state index contributed by atoms with van der Waals surface area (Å²) in [6.45, 7) is 4.34. The van der Waals surface area contributed by atoms with Gasteiger partial charge >= 0.3 is 0 Å². The number of benzene rings is 1. The molecular weight excluding hydrogens is 400 g/mol. The van der Waals surface area contributed by atoms with Crippen LogP contribution in [0.25, 0.3) is 0 Å². The summed E-state index contributed by atoms with van der Waals surface area (Å²) < 4.78 is 27.3. The number of nitrogens with zero attached hydrogens (tertiary/aromatic N) is 1. The fraction of sp³-hybridized carbons (Fsp3) is 0.652. The van der Waals surface area contributed by atoms with E-state index >= 15 is 0 Å². The summed E-state index contributed by atoms with van der Waals surface area (Å²) in [5.41, 5.74) is 0.494. The summed E-state index contributed by atoms with van der Waals surface area (Å²) in [6, 6.07) is 6.35. The monoisotopic (exact) mass is 434 g/mol. The Morgan fingerprint density at radius 2 is 1.73 bits per heavy atom. The van der Waals surface area contributed by atoms with E-state index in [1.165, 1.54) is 55.5 Å². The molecule has 1 aromatic rings. The van der Waals surface area contributed by atoms with Crippen LogP contribution in [0.3, 0.4) is 0 Å². The first kappa shape index (κ1) is 22.9. The summed E-state index contributed by atoms with van der Waals surface area (Å²) in [6.07, 6.45) is 8.10. The lowest BCUT2D eigenvalue weighted by Crippen LogP contribution is -2.46. The maximum atomic E-state index is 12.9. The van der Waals surface area contributed by atoms with Crippen molar-refractivity contribution >= 4 is 21.7 Å². The van der Waals surface area contributed by atoms with Crippen LogP contribution >= 0.6 is 0 Å². The smallest absolute Gasteiger partial charge is 0.243 e. The average Bonchev–Trinajstić information content (AvgIpc) is 3.19. The van der Waals surface area contributed by atoms with Gasteiger partial charge in [0.15, 0.2) is 5.78 Å². The van der Waals surface area contributed by atoms with E-state index in [-0.39, 0.29) is 28.5 Å². The van der Waals surface area contributed by atoms with Crippen molar-refractivity contribution in [2.24, 2.45) is 11.8 Å². The zero-order valence-electron chi connectivity index (χ0n) is 18.1. The number of nitrogens with one attached hydrogen (secondary N) is 1. The van der Waals surface area contributed by atoms with E-state index in [1.54, 1.807) is 12.1 Å². The van der Waals surface area contributed by atoms with Crippen molar-refractivity contribution in [3.63, 3.8) is 0 Å². The van der Waals surface area contributed by atoms with E-state index in [4.69, 9.17) is 0 Å². The van der Waals surface area contributed by atoms with Crippen LogP contribution in [0.5, 0.6) is 0 Å². The molecule has 1 aliphatic heterocycles. The number of hydrogen-bond donors (Lipinski definition) is 1. The van der Waals surface area contributed by atoms with Crippen LogP contribution in [0, 0.1) is 11.8 Å². The largest absolute Gasteiger partial charge is 0.353 e. The van der Waals surface area contributed by atoms with E-state index in [1.807, 2.05) is 0 Å². The number of unbranched alkanes of at least 4 members (excludes halogenated alkanes) is 1. The molecule has 1 aromatic carbocycles. The first-order valence-electron chi connectivity index (χ1n) is 11.2. The number of carbonyl (C=O) groups excluding carboxylic acids is 2. The molecule has 1 N–H and O–H groups in total. The van der Waals surface area contributed by atoms with Crippen molar-refractivity contribution in [2.75, 3.05) is 13.1 Å². The average molecular weight is 435 g/mol. The zero-order chi connectivity index (χ0) is 21.7. The third-order valence-electron chi connectivity index (χ3n) is 6.64. The first-order chi connectivity index (χ1) is 14.3. The second kappa shape index (κ2) is 10.1. The molecule has 7 heteroatoms. The molecule has 1 aliphatic carbocycles. The predicted octanol–water partition coefficient (Wildman–Crippen LogP) is 3.77. The lowest BCUT2D eigenvalue weighted by atomic mass is 9.94. The van der Waals surface area contributed by atoms with Gasteiger partial charge in [0.2, 0.25) is 15.9 Å². The molecule has 0 spiro atoms. The molecule has 0 radical (unpaired) electrons. The van der Waals surface area contributed by atoms with Gasteiger partial charge in [-0.3, -0.25) is 9.59 Å². The van der Waals surface area contributed by atoms with Crippen LogP contribution < -0.4 is 5.32 Å². The molecule has 1 saturated carbocycles. The van der Waals surface area contributed by atoms with E-state index in [2.05, 4.69) is 12.2 Å². The Kier molecular flexibility index (Phi) is 7.69. The van der Waals surface area contributed by atoms with Crippen LogP contribution in [-0.2, 0) is 14.8 Å². The highest BCUT2D eigenvalue weighted by Crippen LogP contribution is 2.31. The van der Waals surface area contributed by atoms with Gasteiger partial charge in [0.05, 0.1) is 4.90 Å². The lowest BCUT2D eigenvalue weighted by molar-refractivity contribution is -0.127. The number of carbonyl (C=O) groups is 2. The molecule has 2 aliphatic rings. The summed E-state index contributed by atoms with van der Waals surface area (Å²) in [5, 5.41) is 3.27. The number of ketones is 1. The third kappa shape index (κ3) is 5.30. The van der Waals surface area contributed by atoms with Gasteiger partial charge in [-0.1, -0.05) is 38.3 Å². The minimum absolute atomic E-state index is 0.0891. The molecule has 30 heavy (non-hydrogen) atoms. The molecular formula is C23H34N2O4S. The number of amides is 1. The topological polar surface area (TPSA) is 83.6 Å². The van der Waals surface area contributed by atoms with Crippen LogP contribution in [0.4, 0.5) is 0 Å². The Hall–Kier alpha value is -1.73. The van der Waals surface area contributed by atoms with Crippen LogP contribution in [-0.4, -0.2) is 43.5 Å². The van der Waals surface area contributed by atoms with Gasteiger partial charge in [-0.05, 0) is 57.1 Å². The molecule has 2 unspecified atom stereocenters. The predicted molar refractivity (Wildman–Crippen MR) is 117 cm³/mol. The second-order valence-corrected chi connectivity index (χ2v) is 10.6. The minimum Gasteiger partial charge on any atom is -0.353 e. The summed E-state index contributed by atoms with van der Waals surface area (Å²) in [4.78, 5) is 24.4. The standard InChI is InChI=1S/C23H34N2O4S/c1-3-4-6-19-7-5-8-22(19)24-23(27)20-13-15-25(16-14-20)30(28,29)21-11-9-18(10-12-21)17(2)26/h9-12,19-20,22H,3-8,13-16H2,1-2H3,(H,24,27). The van der Waals surface area contributed by atoms with Crippen molar-refractivity contribution in [2.45, 2.75) is 76.2 Å². The number of rotatable bonds is 8. The number of hydrogen-bond acceptors (Lipinski definition) is 4. The van der Waals surface area contributed by atoms with Crippen molar-refractivity contribution in [3.8, 4) is 0 Å². The van der Waals surface area contributed by atoms with Crippen LogP contribution in [0.1, 0.15) is 75.6 Å². The van der Waals surface area contributed by atoms with E-state index < -0.39 is 10.0 Å². The van der Waals surface area contributed by atoms with E-state index in [9.17, 15) is 18.0 Å². The fourth-order valence-electron chi connectivity index (χ4n) is 4.71. The number of sulfonamides is 1. The molecule has 6 nitrogen and oxygen atoms in total. The molecule has 1 heterocycles.